The second-order valence-electron chi connectivity index (χ2n) is 6.27. The van der Waals surface area contributed by atoms with Gasteiger partial charge in [-0.15, -0.1) is 0 Å². The minimum atomic E-state index is -3.63. The van der Waals surface area contributed by atoms with Crippen molar-refractivity contribution >= 4 is 15.9 Å². The first kappa shape index (κ1) is 19.4. The molecule has 1 atom stereocenters. The quantitative estimate of drug-likeness (QED) is 0.775. The summed E-state index contributed by atoms with van der Waals surface area (Å²) in [5.41, 5.74) is -0.395. The van der Waals surface area contributed by atoms with Gasteiger partial charge in [-0.3, -0.25) is 4.79 Å². The molecule has 3 rings (SSSR count). The van der Waals surface area contributed by atoms with E-state index in [1.807, 2.05) is 0 Å². The zero-order chi connectivity index (χ0) is 19.8. The summed E-state index contributed by atoms with van der Waals surface area (Å²) in [6.07, 6.45) is 1.23. The Labute approximate surface area is 154 Å². The van der Waals surface area contributed by atoms with Crippen LogP contribution in [0, 0.1) is 18.6 Å². The summed E-state index contributed by atoms with van der Waals surface area (Å²) in [5.74, 6) is -1.79. The van der Waals surface area contributed by atoms with Crippen LogP contribution in [0.1, 0.15) is 34.5 Å². The van der Waals surface area contributed by atoms with E-state index in [-0.39, 0.29) is 31.9 Å². The Morgan fingerprint density at radius 2 is 2.00 bits per heavy atom. The molecule has 1 aromatic heterocycles. The molecule has 1 fully saturated rings. The van der Waals surface area contributed by atoms with Gasteiger partial charge in [0.1, 0.15) is 17.7 Å². The van der Waals surface area contributed by atoms with E-state index in [1.165, 1.54) is 9.21 Å². The van der Waals surface area contributed by atoms with Crippen LogP contribution in [0.4, 0.5) is 8.78 Å². The van der Waals surface area contributed by atoms with E-state index in [9.17, 15) is 22.0 Å². The fourth-order valence-corrected chi connectivity index (χ4v) is 4.11. The predicted molar refractivity (Wildman–Crippen MR) is 90.2 cm³/mol. The van der Waals surface area contributed by atoms with Crippen LogP contribution in [0.2, 0.25) is 0 Å². The summed E-state index contributed by atoms with van der Waals surface area (Å²) in [7, 11) is -3.63. The second-order valence-corrected chi connectivity index (χ2v) is 8.21. The van der Waals surface area contributed by atoms with Crippen LogP contribution in [0.15, 0.2) is 22.7 Å². The van der Waals surface area contributed by atoms with Crippen LogP contribution in [-0.2, 0) is 10.0 Å². The number of aromatic nitrogens is 2. The van der Waals surface area contributed by atoms with E-state index in [4.69, 9.17) is 4.52 Å². The molecule has 1 saturated heterocycles. The van der Waals surface area contributed by atoms with E-state index < -0.39 is 39.2 Å². The van der Waals surface area contributed by atoms with Crippen molar-refractivity contribution in [3.05, 3.63) is 47.1 Å². The third kappa shape index (κ3) is 4.14. The number of nitrogens with zero attached hydrogens (tertiary/aromatic N) is 4. The first-order valence-corrected chi connectivity index (χ1v) is 10.0. The number of carbonyl (C=O) groups excluding carboxylic acids is 1. The maximum Gasteiger partial charge on any atom is 0.256 e. The Hall–Kier alpha value is -2.40. The molecule has 0 radical (unpaired) electrons. The van der Waals surface area contributed by atoms with Gasteiger partial charge in [0.05, 0.1) is 11.8 Å². The van der Waals surface area contributed by atoms with Gasteiger partial charge < -0.3 is 9.42 Å². The van der Waals surface area contributed by atoms with Gasteiger partial charge in [0.15, 0.2) is 5.82 Å². The minimum Gasteiger partial charge on any atom is -0.338 e. The average Bonchev–Trinajstić information content (AvgIpc) is 2.89. The maximum absolute atomic E-state index is 13.9. The van der Waals surface area contributed by atoms with Crippen molar-refractivity contribution in [1.82, 2.24) is 19.3 Å². The number of carbonyl (C=O) groups is 1. The molecule has 2 heterocycles. The van der Waals surface area contributed by atoms with Crippen LogP contribution in [-0.4, -0.2) is 59.6 Å². The number of hydrogen-bond acceptors (Lipinski definition) is 6. The van der Waals surface area contributed by atoms with Crippen molar-refractivity contribution in [1.29, 1.82) is 0 Å². The van der Waals surface area contributed by atoms with Gasteiger partial charge in [-0.05, 0) is 31.5 Å². The molecule has 1 amide bonds. The summed E-state index contributed by atoms with van der Waals surface area (Å²) >= 11 is 0. The molecule has 146 valence electrons. The van der Waals surface area contributed by atoms with Crippen molar-refractivity contribution in [2.24, 2.45) is 0 Å². The molecular formula is C16H18F2N4O4S. The molecule has 0 N–H and O–H groups in total. The zero-order valence-corrected chi connectivity index (χ0v) is 15.5. The number of aryl methyl sites for hydroxylation is 1. The smallest absolute Gasteiger partial charge is 0.256 e. The SMILES string of the molecule is Cc1noc(C2CCN(C(=O)c3cc(F)ccc3F)CCN2S(C)(=O)=O)n1. The highest BCUT2D eigenvalue weighted by Crippen LogP contribution is 2.28. The molecular weight excluding hydrogens is 382 g/mol. The highest BCUT2D eigenvalue weighted by Gasteiger charge is 2.36. The van der Waals surface area contributed by atoms with Gasteiger partial charge >= 0.3 is 0 Å². The molecule has 27 heavy (non-hydrogen) atoms. The van der Waals surface area contributed by atoms with Gasteiger partial charge in [-0.2, -0.15) is 9.29 Å². The average molecular weight is 400 g/mol. The third-order valence-electron chi connectivity index (χ3n) is 4.31. The Morgan fingerprint density at radius 3 is 2.63 bits per heavy atom. The predicted octanol–water partition coefficient (Wildman–Crippen LogP) is 1.51. The molecule has 2 aromatic rings. The summed E-state index contributed by atoms with van der Waals surface area (Å²) < 4.78 is 58.0. The Balaban J connectivity index is 1.88. The zero-order valence-electron chi connectivity index (χ0n) is 14.7. The summed E-state index contributed by atoms with van der Waals surface area (Å²) in [4.78, 5) is 18.0. The summed E-state index contributed by atoms with van der Waals surface area (Å²) in [5, 5.41) is 3.68. The van der Waals surface area contributed by atoms with Crippen molar-refractivity contribution < 1.29 is 26.5 Å². The fourth-order valence-electron chi connectivity index (χ4n) is 3.04. The standard InChI is InChI=1S/C16H18F2N4O4S/c1-10-19-15(26-20-10)14-5-6-21(7-8-22(14)27(2,24)25)16(23)12-9-11(17)3-4-13(12)18/h3-4,9,14H,5-8H2,1-2H3. The van der Waals surface area contributed by atoms with Crippen molar-refractivity contribution in [2.75, 3.05) is 25.9 Å². The van der Waals surface area contributed by atoms with Crippen LogP contribution in [0.25, 0.3) is 0 Å². The van der Waals surface area contributed by atoms with E-state index in [0.29, 0.717) is 5.82 Å². The van der Waals surface area contributed by atoms with Crippen molar-refractivity contribution in [3.8, 4) is 0 Å². The number of rotatable bonds is 3. The summed E-state index contributed by atoms with van der Waals surface area (Å²) in [6.45, 7) is 1.71. The lowest BCUT2D eigenvalue weighted by Gasteiger charge is -2.24. The second kappa shape index (κ2) is 7.31. The summed E-state index contributed by atoms with van der Waals surface area (Å²) in [6, 6.07) is 1.90. The Bertz CT molecular complexity index is 963. The van der Waals surface area contributed by atoms with Crippen LogP contribution in [0.3, 0.4) is 0 Å². The highest BCUT2D eigenvalue weighted by atomic mass is 32.2. The maximum atomic E-state index is 13.9. The minimum absolute atomic E-state index is 0.0193. The number of hydrogen-bond donors (Lipinski definition) is 0. The topological polar surface area (TPSA) is 96.6 Å². The normalized spacial score (nSPS) is 19.1. The van der Waals surface area contributed by atoms with E-state index in [2.05, 4.69) is 10.1 Å². The molecule has 1 aromatic carbocycles. The number of halogens is 2. The number of amides is 1. The Kier molecular flexibility index (Phi) is 5.24. The molecule has 1 unspecified atom stereocenters. The lowest BCUT2D eigenvalue weighted by Crippen LogP contribution is -2.38. The third-order valence-corrected chi connectivity index (χ3v) is 5.60. The highest BCUT2D eigenvalue weighted by molar-refractivity contribution is 7.88. The monoisotopic (exact) mass is 400 g/mol. The molecule has 1 aliphatic heterocycles. The van der Waals surface area contributed by atoms with E-state index in [0.717, 1.165) is 24.5 Å². The molecule has 0 aliphatic carbocycles. The fraction of sp³-hybridized carbons (Fsp3) is 0.438. The van der Waals surface area contributed by atoms with E-state index in [1.54, 1.807) is 6.92 Å². The molecule has 0 spiro atoms. The number of sulfonamides is 1. The van der Waals surface area contributed by atoms with Gasteiger partial charge in [-0.1, -0.05) is 5.16 Å². The first-order chi connectivity index (χ1) is 12.7. The Morgan fingerprint density at radius 1 is 1.26 bits per heavy atom. The molecule has 0 bridgehead atoms. The van der Waals surface area contributed by atoms with Gasteiger partial charge in [0.25, 0.3) is 5.91 Å². The first-order valence-electron chi connectivity index (χ1n) is 8.18. The van der Waals surface area contributed by atoms with Crippen molar-refractivity contribution in [2.45, 2.75) is 19.4 Å². The molecule has 8 nitrogen and oxygen atoms in total. The molecule has 11 heteroatoms. The van der Waals surface area contributed by atoms with Crippen LogP contribution >= 0.6 is 0 Å². The molecule has 0 saturated carbocycles. The lowest BCUT2D eigenvalue weighted by atomic mass is 10.1. The van der Waals surface area contributed by atoms with Gasteiger partial charge in [0, 0.05) is 19.6 Å². The largest absolute Gasteiger partial charge is 0.338 e. The molecule has 1 aliphatic rings. The van der Waals surface area contributed by atoms with Gasteiger partial charge in [-0.25, -0.2) is 17.2 Å². The van der Waals surface area contributed by atoms with E-state index >= 15 is 0 Å². The van der Waals surface area contributed by atoms with Gasteiger partial charge in [0.2, 0.25) is 15.9 Å². The lowest BCUT2D eigenvalue weighted by molar-refractivity contribution is 0.0758. The van der Waals surface area contributed by atoms with Crippen molar-refractivity contribution in [3.63, 3.8) is 0 Å². The van der Waals surface area contributed by atoms with Crippen LogP contribution < -0.4 is 0 Å². The number of benzene rings is 1. The van der Waals surface area contributed by atoms with Crippen LogP contribution in [0.5, 0.6) is 0 Å².